The Balaban J connectivity index is 1.50. The zero-order chi connectivity index (χ0) is 20.8. The van der Waals surface area contributed by atoms with Gasteiger partial charge >= 0.3 is 5.97 Å². The SMILES string of the molecule is O=C(COC(=O)Cc1csc(-c2ccccn2)n1)Nc1ccc([N+](=O)[O-])cc1Cl. The number of esters is 1. The summed E-state index contributed by atoms with van der Waals surface area (Å²) in [7, 11) is 0. The van der Waals surface area contributed by atoms with Crippen molar-refractivity contribution in [3.63, 3.8) is 0 Å². The van der Waals surface area contributed by atoms with Gasteiger partial charge in [-0.1, -0.05) is 17.7 Å². The molecular weight excluding hydrogens is 420 g/mol. The van der Waals surface area contributed by atoms with Crippen LogP contribution in [0.4, 0.5) is 11.4 Å². The summed E-state index contributed by atoms with van der Waals surface area (Å²) >= 11 is 7.25. The number of thiazole rings is 1. The molecule has 3 aromatic rings. The Morgan fingerprint density at radius 3 is 2.79 bits per heavy atom. The molecule has 29 heavy (non-hydrogen) atoms. The Hall–Kier alpha value is -3.37. The van der Waals surface area contributed by atoms with Crippen molar-refractivity contribution in [3.8, 4) is 10.7 Å². The van der Waals surface area contributed by atoms with Gasteiger partial charge in [-0.3, -0.25) is 24.7 Å². The number of carbonyl (C=O) groups is 2. The number of pyridine rings is 1. The Bertz CT molecular complexity index is 1060. The largest absolute Gasteiger partial charge is 0.455 e. The fraction of sp³-hybridized carbons (Fsp3) is 0.111. The number of carbonyl (C=O) groups excluding carboxylic acids is 2. The van der Waals surface area contributed by atoms with E-state index in [9.17, 15) is 19.7 Å². The molecule has 0 saturated carbocycles. The van der Waals surface area contributed by atoms with Crippen LogP contribution in [0, 0.1) is 10.1 Å². The minimum absolute atomic E-state index is 0.00315. The molecule has 0 bridgehead atoms. The van der Waals surface area contributed by atoms with Crippen molar-refractivity contribution in [1.82, 2.24) is 9.97 Å². The van der Waals surface area contributed by atoms with Crippen LogP contribution < -0.4 is 5.32 Å². The molecule has 2 heterocycles. The second kappa shape index (κ2) is 9.22. The monoisotopic (exact) mass is 432 g/mol. The van der Waals surface area contributed by atoms with Crippen molar-refractivity contribution >= 4 is 46.2 Å². The second-order valence-corrected chi connectivity index (χ2v) is 6.93. The van der Waals surface area contributed by atoms with Gasteiger partial charge in [0.1, 0.15) is 5.01 Å². The number of non-ortho nitro benzene ring substituents is 1. The molecule has 0 atom stereocenters. The number of amides is 1. The lowest BCUT2D eigenvalue weighted by atomic mass is 10.3. The first-order chi connectivity index (χ1) is 13.9. The molecule has 0 fully saturated rings. The number of hydrogen-bond donors (Lipinski definition) is 1. The first-order valence-corrected chi connectivity index (χ1v) is 9.43. The Kier molecular flexibility index (Phi) is 6.47. The number of nitrogens with zero attached hydrogens (tertiary/aromatic N) is 3. The maximum absolute atomic E-state index is 11.9. The van der Waals surface area contributed by atoms with Crippen LogP contribution >= 0.6 is 22.9 Å². The zero-order valence-corrected chi connectivity index (χ0v) is 16.3. The highest BCUT2D eigenvalue weighted by Gasteiger charge is 2.14. The van der Waals surface area contributed by atoms with E-state index in [0.717, 1.165) is 6.07 Å². The van der Waals surface area contributed by atoms with E-state index in [2.05, 4.69) is 15.3 Å². The van der Waals surface area contributed by atoms with Gasteiger partial charge < -0.3 is 10.1 Å². The van der Waals surface area contributed by atoms with E-state index in [1.807, 2.05) is 12.1 Å². The van der Waals surface area contributed by atoms with Crippen molar-refractivity contribution in [1.29, 1.82) is 0 Å². The highest BCUT2D eigenvalue weighted by molar-refractivity contribution is 7.13. The van der Waals surface area contributed by atoms with Gasteiger partial charge in [-0.15, -0.1) is 11.3 Å². The molecule has 0 unspecified atom stereocenters. The van der Waals surface area contributed by atoms with Gasteiger partial charge in [-0.05, 0) is 18.2 Å². The van der Waals surface area contributed by atoms with Crippen molar-refractivity contribution < 1.29 is 19.2 Å². The molecule has 9 nitrogen and oxygen atoms in total. The lowest BCUT2D eigenvalue weighted by Gasteiger charge is -2.07. The fourth-order valence-electron chi connectivity index (χ4n) is 2.25. The number of hydrogen-bond acceptors (Lipinski definition) is 8. The zero-order valence-electron chi connectivity index (χ0n) is 14.7. The average molecular weight is 433 g/mol. The van der Waals surface area contributed by atoms with Crippen LogP contribution in [-0.2, 0) is 20.7 Å². The third-order valence-corrected chi connectivity index (χ3v) is 4.79. The number of aromatic nitrogens is 2. The summed E-state index contributed by atoms with van der Waals surface area (Å²) in [6, 6.07) is 9.07. The molecule has 0 aliphatic rings. The van der Waals surface area contributed by atoms with Crippen molar-refractivity contribution in [2.45, 2.75) is 6.42 Å². The summed E-state index contributed by atoms with van der Waals surface area (Å²) in [6.07, 6.45) is 1.56. The summed E-state index contributed by atoms with van der Waals surface area (Å²) in [5, 5.41) is 15.5. The fourth-order valence-corrected chi connectivity index (χ4v) is 3.26. The van der Waals surface area contributed by atoms with Gasteiger partial charge in [0, 0.05) is 23.7 Å². The number of halogens is 1. The molecule has 0 spiro atoms. The summed E-state index contributed by atoms with van der Waals surface area (Å²) in [6.45, 7) is -0.524. The summed E-state index contributed by atoms with van der Waals surface area (Å²) < 4.78 is 4.94. The van der Waals surface area contributed by atoms with Crippen LogP contribution in [0.1, 0.15) is 5.69 Å². The van der Waals surface area contributed by atoms with E-state index >= 15 is 0 Å². The van der Waals surface area contributed by atoms with E-state index in [0.29, 0.717) is 16.4 Å². The van der Waals surface area contributed by atoms with Gasteiger partial charge in [0.05, 0.1) is 33.4 Å². The van der Waals surface area contributed by atoms with Gasteiger partial charge in [-0.2, -0.15) is 0 Å². The number of nitro benzene ring substituents is 1. The number of anilines is 1. The number of nitrogens with one attached hydrogen (secondary N) is 1. The number of rotatable bonds is 7. The Morgan fingerprint density at radius 1 is 1.28 bits per heavy atom. The van der Waals surface area contributed by atoms with E-state index < -0.39 is 23.4 Å². The van der Waals surface area contributed by atoms with Crippen molar-refractivity contribution in [2.24, 2.45) is 0 Å². The molecule has 0 aliphatic carbocycles. The van der Waals surface area contributed by atoms with Crippen LogP contribution in [0.25, 0.3) is 10.7 Å². The van der Waals surface area contributed by atoms with E-state index in [1.165, 1.54) is 23.5 Å². The van der Waals surface area contributed by atoms with Crippen molar-refractivity contribution in [3.05, 3.63) is 68.8 Å². The van der Waals surface area contributed by atoms with Gasteiger partial charge in [-0.25, -0.2) is 4.98 Å². The molecule has 2 aromatic heterocycles. The maximum Gasteiger partial charge on any atom is 0.312 e. The second-order valence-electron chi connectivity index (χ2n) is 5.67. The molecular formula is C18H13ClN4O5S. The molecule has 148 valence electrons. The first kappa shape index (κ1) is 20.4. The average Bonchev–Trinajstić information content (AvgIpc) is 3.17. The number of ether oxygens (including phenoxy) is 1. The van der Waals surface area contributed by atoms with Crippen LogP contribution in [-0.4, -0.2) is 33.4 Å². The normalized spacial score (nSPS) is 10.4. The number of nitro groups is 1. The van der Waals surface area contributed by atoms with Crippen LogP contribution in [0.15, 0.2) is 48.0 Å². The van der Waals surface area contributed by atoms with Crippen LogP contribution in [0.5, 0.6) is 0 Å². The standard InChI is InChI=1S/C18H13ClN4O5S/c19-13-8-12(23(26)27)4-5-14(13)22-16(24)9-28-17(25)7-11-10-29-18(21-11)15-3-1-2-6-20-15/h1-6,8,10H,7,9H2,(H,22,24). The van der Waals surface area contributed by atoms with Gasteiger partial charge in [0.25, 0.3) is 11.6 Å². The lowest BCUT2D eigenvalue weighted by molar-refractivity contribution is -0.384. The van der Waals surface area contributed by atoms with Gasteiger partial charge in [0.15, 0.2) is 6.61 Å². The molecule has 0 aliphatic heterocycles. The highest BCUT2D eigenvalue weighted by atomic mass is 35.5. The number of benzene rings is 1. The smallest absolute Gasteiger partial charge is 0.312 e. The van der Waals surface area contributed by atoms with Gasteiger partial charge in [0.2, 0.25) is 0 Å². The Labute approximate surface area is 173 Å². The molecule has 0 saturated heterocycles. The molecule has 11 heteroatoms. The molecule has 3 rings (SSSR count). The molecule has 1 N–H and O–H groups in total. The minimum Gasteiger partial charge on any atom is -0.455 e. The summed E-state index contributed by atoms with van der Waals surface area (Å²) in [4.78, 5) is 42.5. The quantitative estimate of drug-likeness (QED) is 0.344. The molecule has 1 aromatic carbocycles. The summed E-state index contributed by atoms with van der Waals surface area (Å²) in [5.41, 5.74) is 1.20. The molecule has 0 radical (unpaired) electrons. The molecule has 1 amide bonds. The first-order valence-electron chi connectivity index (χ1n) is 8.17. The summed E-state index contributed by atoms with van der Waals surface area (Å²) in [5.74, 6) is -1.24. The third kappa shape index (κ3) is 5.56. The topological polar surface area (TPSA) is 124 Å². The predicted molar refractivity (Wildman–Crippen MR) is 107 cm³/mol. The predicted octanol–water partition coefficient (Wildman–Crippen LogP) is 3.49. The van der Waals surface area contributed by atoms with Crippen LogP contribution in [0.2, 0.25) is 5.02 Å². The highest BCUT2D eigenvalue weighted by Crippen LogP contribution is 2.26. The minimum atomic E-state index is -0.624. The van der Waals surface area contributed by atoms with E-state index in [1.54, 1.807) is 17.6 Å². The van der Waals surface area contributed by atoms with Crippen LogP contribution in [0.3, 0.4) is 0 Å². The lowest BCUT2D eigenvalue weighted by Crippen LogP contribution is -2.21. The Morgan fingerprint density at radius 2 is 2.10 bits per heavy atom. The maximum atomic E-state index is 11.9. The van der Waals surface area contributed by atoms with Crippen molar-refractivity contribution in [2.75, 3.05) is 11.9 Å². The third-order valence-electron chi connectivity index (χ3n) is 3.56. The van der Waals surface area contributed by atoms with E-state index in [-0.39, 0.29) is 22.8 Å². The van der Waals surface area contributed by atoms with E-state index in [4.69, 9.17) is 16.3 Å².